The molecule has 1 aromatic carbocycles. The molecule has 0 bridgehead atoms. The summed E-state index contributed by atoms with van der Waals surface area (Å²) in [6.07, 6.45) is 1.45. The first kappa shape index (κ1) is 19.2. The minimum absolute atomic E-state index is 0.156. The molecule has 2 aliphatic rings. The molecule has 29 heavy (non-hydrogen) atoms. The molecule has 0 aliphatic carbocycles. The van der Waals surface area contributed by atoms with Crippen LogP contribution in [0.2, 0.25) is 0 Å². The second-order valence-electron chi connectivity index (χ2n) is 6.66. The molecular weight excluding hydrogens is 376 g/mol. The van der Waals surface area contributed by atoms with Gasteiger partial charge < -0.3 is 24.8 Å². The summed E-state index contributed by atoms with van der Waals surface area (Å²) in [7, 11) is 0. The van der Waals surface area contributed by atoms with Gasteiger partial charge in [0.25, 0.3) is 11.8 Å². The number of hydrogen-bond acceptors (Lipinski definition) is 7. The molecule has 0 radical (unpaired) electrons. The van der Waals surface area contributed by atoms with Crippen molar-refractivity contribution in [3.05, 3.63) is 47.8 Å². The number of aromatic nitrogens is 1. The molecular formula is C20H22N4O5. The molecule has 9 heteroatoms. The predicted octanol–water partition coefficient (Wildman–Crippen LogP) is 1.12. The second kappa shape index (κ2) is 8.89. The van der Waals surface area contributed by atoms with Crippen LogP contribution in [0.1, 0.15) is 20.8 Å². The molecule has 1 aromatic heterocycles. The van der Waals surface area contributed by atoms with Gasteiger partial charge in [-0.05, 0) is 24.3 Å². The van der Waals surface area contributed by atoms with Crippen molar-refractivity contribution in [2.24, 2.45) is 0 Å². The van der Waals surface area contributed by atoms with Crippen LogP contribution in [0.15, 0.2) is 36.5 Å². The molecule has 0 atom stereocenters. The standard InChI is InChI=1S/C20H22N4O5/c25-19(22-5-6-24-7-9-27-10-8-24)14-3-4-21-16(11-14)20(26)23-15-1-2-17-18(12-15)29-13-28-17/h1-4,11-12H,5-10,13H2,(H,22,25)(H,23,26). The third-order valence-electron chi connectivity index (χ3n) is 4.70. The van der Waals surface area contributed by atoms with Crippen LogP contribution in [0.25, 0.3) is 0 Å². The van der Waals surface area contributed by atoms with Gasteiger partial charge in [0.1, 0.15) is 5.69 Å². The Bertz CT molecular complexity index is 898. The Kier molecular flexibility index (Phi) is 5.87. The molecule has 2 amide bonds. The Morgan fingerprint density at radius 2 is 1.86 bits per heavy atom. The van der Waals surface area contributed by atoms with Gasteiger partial charge in [0.15, 0.2) is 11.5 Å². The van der Waals surface area contributed by atoms with Gasteiger partial charge in [0, 0.05) is 49.7 Å². The van der Waals surface area contributed by atoms with E-state index in [-0.39, 0.29) is 18.4 Å². The minimum atomic E-state index is -0.410. The van der Waals surface area contributed by atoms with Crippen molar-refractivity contribution in [1.82, 2.24) is 15.2 Å². The molecule has 0 saturated carbocycles. The number of amides is 2. The molecule has 2 aliphatic heterocycles. The number of nitrogens with zero attached hydrogens (tertiary/aromatic N) is 2. The van der Waals surface area contributed by atoms with E-state index in [1.54, 1.807) is 24.3 Å². The maximum atomic E-state index is 12.5. The summed E-state index contributed by atoms with van der Waals surface area (Å²) in [6.45, 7) is 4.64. The normalized spacial score (nSPS) is 15.7. The Balaban J connectivity index is 1.33. The van der Waals surface area contributed by atoms with Crippen molar-refractivity contribution in [2.75, 3.05) is 51.5 Å². The number of carbonyl (C=O) groups is 2. The van der Waals surface area contributed by atoms with Crippen molar-refractivity contribution in [3.8, 4) is 11.5 Å². The molecule has 2 N–H and O–H groups in total. The van der Waals surface area contributed by atoms with Crippen LogP contribution in [0, 0.1) is 0 Å². The van der Waals surface area contributed by atoms with E-state index in [1.165, 1.54) is 12.3 Å². The third kappa shape index (κ3) is 4.82. The maximum Gasteiger partial charge on any atom is 0.274 e. The lowest BCUT2D eigenvalue weighted by molar-refractivity contribution is 0.0383. The third-order valence-corrected chi connectivity index (χ3v) is 4.70. The van der Waals surface area contributed by atoms with E-state index in [2.05, 4.69) is 20.5 Å². The number of nitrogens with one attached hydrogen (secondary N) is 2. The van der Waals surface area contributed by atoms with Gasteiger partial charge in [-0.2, -0.15) is 0 Å². The quantitative estimate of drug-likeness (QED) is 0.752. The molecule has 1 fully saturated rings. The Labute approximate surface area is 168 Å². The molecule has 0 unspecified atom stereocenters. The van der Waals surface area contributed by atoms with Gasteiger partial charge in [0.2, 0.25) is 6.79 Å². The first-order valence-electron chi connectivity index (χ1n) is 9.44. The van der Waals surface area contributed by atoms with Crippen LogP contribution in [-0.4, -0.2) is 67.9 Å². The van der Waals surface area contributed by atoms with E-state index >= 15 is 0 Å². The fourth-order valence-electron chi connectivity index (χ4n) is 3.12. The van der Waals surface area contributed by atoms with E-state index in [0.717, 1.165) is 32.8 Å². The van der Waals surface area contributed by atoms with Gasteiger partial charge in [-0.1, -0.05) is 0 Å². The highest BCUT2D eigenvalue weighted by Crippen LogP contribution is 2.34. The van der Waals surface area contributed by atoms with Crippen LogP contribution in [0.3, 0.4) is 0 Å². The number of hydrogen-bond donors (Lipinski definition) is 2. The minimum Gasteiger partial charge on any atom is -0.454 e. The van der Waals surface area contributed by atoms with E-state index in [1.807, 2.05) is 0 Å². The summed E-state index contributed by atoms with van der Waals surface area (Å²) < 4.78 is 15.9. The van der Waals surface area contributed by atoms with Gasteiger partial charge in [-0.25, -0.2) is 0 Å². The lowest BCUT2D eigenvalue weighted by Crippen LogP contribution is -2.41. The van der Waals surface area contributed by atoms with Crippen LogP contribution < -0.4 is 20.1 Å². The van der Waals surface area contributed by atoms with Gasteiger partial charge in [-0.15, -0.1) is 0 Å². The van der Waals surface area contributed by atoms with Crippen molar-refractivity contribution in [3.63, 3.8) is 0 Å². The SMILES string of the molecule is O=C(NCCN1CCOCC1)c1ccnc(C(=O)Nc2ccc3c(c2)OCO3)c1. The lowest BCUT2D eigenvalue weighted by Gasteiger charge is -2.26. The number of rotatable bonds is 6. The highest BCUT2D eigenvalue weighted by molar-refractivity contribution is 6.04. The summed E-state index contributed by atoms with van der Waals surface area (Å²) in [6, 6.07) is 8.19. The van der Waals surface area contributed by atoms with Crippen molar-refractivity contribution in [1.29, 1.82) is 0 Å². The first-order chi connectivity index (χ1) is 14.2. The predicted molar refractivity (Wildman–Crippen MR) is 104 cm³/mol. The summed E-state index contributed by atoms with van der Waals surface area (Å²) in [5.74, 6) is 0.561. The topological polar surface area (TPSA) is 102 Å². The fourth-order valence-corrected chi connectivity index (χ4v) is 3.12. The Morgan fingerprint density at radius 3 is 2.72 bits per heavy atom. The average Bonchev–Trinajstić information content (AvgIpc) is 3.22. The fraction of sp³-hybridized carbons (Fsp3) is 0.350. The zero-order valence-electron chi connectivity index (χ0n) is 15.8. The van der Waals surface area contributed by atoms with E-state index in [0.29, 0.717) is 29.3 Å². The largest absolute Gasteiger partial charge is 0.454 e. The summed E-state index contributed by atoms with van der Waals surface area (Å²) in [5.41, 5.74) is 1.10. The maximum absolute atomic E-state index is 12.5. The smallest absolute Gasteiger partial charge is 0.274 e. The lowest BCUT2D eigenvalue weighted by atomic mass is 10.2. The van der Waals surface area contributed by atoms with Crippen molar-refractivity contribution < 1.29 is 23.8 Å². The van der Waals surface area contributed by atoms with Gasteiger partial charge in [0.05, 0.1) is 13.2 Å². The Hall–Kier alpha value is -3.17. The molecule has 152 valence electrons. The zero-order valence-corrected chi connectivity index (χ0v) is 15.8. The monoisotopic (exact) mass is 398 g/mol. The molecule has 1 saturated heterocycles. The van der Waals surface area contributed by atoms with Gasteiger partial charge >= 0.3 is 0 Å². The zero-order chi connectivity index (χ0) is 20.1. The number of fused-ring (bicyclic) bond motifs is 1. The van der Waals surface area contributed by atoms with E-state index in [4.69, 9.17) is 14.2 Å². The first-order valence-corrected chi connectivity index (χ1v) is 9.44. The van der Waals surface area contributed by atoms with Crippen molar-refractivity contribution >= 4 is 17.5 Å². The van der Waals surface area contributed by atoms with Gasteiger partial charge in [-0.3, -0.25) is 19.5 Å². The number of benzene rings is 1. The highest BCUT2D eigenvalue weighted by Gasteiger charge is 2.16. The van der Waals surface area contributed by atoms with E-state index < -0.39 is 5.91 Å². The highest BCUT2D eigenvalue weighted by atomic mass is 16.7. The van der Waals surface area contributed by atoms with Crippen LogP contribution in [-0.2, 0) is 4.74 Å². The summed E-state index contributed by atoms with van der Waals surface area (Å²) in [5, 5.41) is 5.63. The average molecular weight is 398 g/mol. The molecule has 9 nitrogen and oxygen atoms in total. The summed E-state index contributed by atoms with van der Waals surface area (Å²) >= 11 is 0. The van der Waals surface area contributed by atoms with Crippen molar-refractivity contribution in [2.45, 2.75) is 0 Å². The van der Waals surface area contributed by atoms with Crippen LogP contribution >= 0.6 is 0 Å². The molecule has 3 heterocycles. The molecule has 0 spiro atoms. The molecule has 2 aromatic rings. The van der Waals surface area contributed by atoms with E-state index in [9.17, 15) is 9.59 Å². The molecule has 4 rings (SSSR count). The number of morpholine rings is 1. The number of ether oxygens (including phenoxy) is 3. The number of pyridine rings is 1. The van der Waals surface area contributed by atoms with Crippen LogP contribution in [0.5, 0.6) is 11.5 Å². The number of carbonyl (C=O) groups excluding carboxylic acids is 2. The summed E-state index contributed by atoms with van der Waals surface area (Å²) in [4.78, 5) is 31.2. The second-order valence-corrected chi connectivity index (χ2v) is 6.66. The Morgan fingerprint density at radius 1 is 1.03 bits per heavy atom. The number of anilines is 1. The van der Waals surface area contributed by atoms with Crippen LogP contribution in [0.4, 0.5) is 5.69 Å².